The molecule has 1 amide bonds. The van der Waals surface area contributed by atoms with E-state index in [9.17, 15) is 9.59 Å². The Morgan fingerprint density at radius 2 is 1.50 bits per heavy atom. The standard InChI is InChI=1S/C41H54N2O4.ClH/c1-40(2,3)34-21-20-30(23-25-41(4,47-39(45)28-43(5)6)24-22-29-14-8-7-9-15-29)26-35(34)42-38(44)27-33-31-16-10-12-18-36(31)46-37-19-13-11-17-32(33)37;/h10-13,16-21,26,29,33H,7-9,14-15,22-25,27-28H2,1-6H3,(H,42,44);1H/t41-;/m0./s1. The molecule has 48 heavy (non-hydrogen) atoms. The number of para-hydroxylation sites is 2. The van der Waals surface area contributed by atoms with E-state index in [1.54, 1.807) is 0 Å². The summed E-state index contributed by atoms with van der Waals surface area (Å²) in [5.74, 6) is 2.03. The number of rotatable bonds is 12. The first-order chi connectivity index (χ1) is 22.4. The number of nitrogens with one attached hydrogen (secondary N) is 1. The van der Waals surface area contributed by atoms with E-state index in [2.05, 4.69) is 63.3 Å². The molecule has 1 aliphatic carbocycles. The Morgan fingerprint density at radius 3 is 2.10 bits per heavy atom. The Hall–Kier alpha value is -3.35. The molecule has 6 nitrogen and oxygen atoms in total. The van der Waals surface area contributed by atoms with Crippen LogP contribution in [-0.4, -0.2) is 43.0 Å². The molecule has 0 unspecified atom stereocenters. The molecule has 1 heterocycles. The molecule has 5 rings (SSSR count). The fourth-order valence-corrected chi connectivity index (χ4v) is 7.31. The van der Waals surface area contributed by atoms with E-state index in [-0.39, 0.29) is 42.2 Å². The Bertz CT molecular complexity index is 1500. The molecule has 7 heteroatoms. The second-order valence-corrected chi connectivity index (χ2v) is 15.3. The highest BCUT2D eigenvalue weighted by Crippen LogP contribution is 2.45. The summed E-state index contributed by atoms with van der Waals surface area (Å²) in [5, 5.41) is 3.31. The second-order valence-electron chi connectivity index (χ2n) is 15.3. The zero-order chi connectivity index (χ0) is 33.6. The number of likely N-dealkylation sites (N-methyl/N-ethyl adjacent to an activating group) is 1. The highest BCUT2D eigenvalue weighted by Gasteiger charge is 2.32. The quantitative estimate of drug-likeness (QED) is 0.194. The number of carbonyl (C=O) groups excluding carboxylic acids is 2. The highest BCUT2D eigenvalue weighted by molar-refractivity contribution is 5.93. The van der Waals surface area contributed by atoms with Gasteiger partial charge in [-0.3, -0.25) is 14.5 Å². The van der Waals surface area contributed by atoms with Crippen LogP contribution in [0.3, 0.4) is 0 Å². The van der Waals surface area contributed by atoms with Crippen molar-refractivity contribution >= 4 is 30.0 Å². The van der Waals surface area contributed by atoms with Gasteiger partial charge in [-0.1, -0.05) is 101 Å². The normalized spacial score (nSPS) is 16.1. The van der Waals surface area contributed by atoms with E-state index >= 15 is 0 Å². The van der Waals surface area contributed by atoms with Gasteiger partial charge >= 0.3 is 5.97 Å². The summed E-state index contributed by atoms with van der Waals surface area (Å²) in [6, 6.07) is 22.5. The van der Waals surface area contributed by atoms with Gasteiger partial charge in [0.25, 0.3) is 0 Å². The fraction of sp³-hybridized carbons (Fsp3) is 0.512. The van der Waals surface area contributed by atoms with Crippen molar-refractivity contribution in [2.75, 3.05) is 26.0 Å². The van der Waals surface area contributed by atoms with Gasteiger partial charge in [0, 0.05) is 29.2 Å². The summed E-state index contributed by atoms with van der Waals surface area (Å²) in [6.45, 7) is 8.91. The van der Waals surface area contributed by atoms with Crippen LogP contribution < -0.4 is 10.1 Å². The summed E-state index contributed by atoms with van der Waals surface area (Å²) in [6.07, 6.45) is 10.3. The minimum atomic E-state index is -0.541. The van der Waals surface area contributed by atoms with Gasteiger partial charge in [-0.15, -0.1) is 12.4 Å². The summed E-state index contributed by atoms with van der Waals surface area (Å²) in [7, 11) is 3.79. The van der Waals surface area contributed by atoms with Gasteiger partial charge in [0.15, 0.2) is 0 Å². The third-order valence-electron chi connectivity index (χ3n) is 9.92. The maximum absolute atomic E-state index is 13.8. The molecular formula is C41H55ClN2O4. The van der Waals surface area contributed by atoms with Gasteiger partial charge < -0.3 is 14.8 Å². The molecule has 0 radical (unpaired) electrons. The van der Waals surface area contributed by atoms with Crippen LogP contribution in [0.4, 0.5) is 5.69 Å². The fourth-order valence-electron chi connectivity index (χ4n) is 7.31. The molecule has 0 saturated heterocycles. The number of amides is 1. The van der Waals surface area contributed by atoms with Gasteiger partial charge in [0.1, 0.15) is 17.1 Å². The van der Waals surface area contributed by atoms with Crippen LogP contribution in [0.25, 0.3) is 0 Å². The first-order valence-corrected chi connectivity index (χ1v) is 17.6. The van der Waals surface area contributed by atoms with Crippen molar-refractivity contribution in [3.8, 4) is 11.5 Å². The molecule has 2 aliphatic rings. The largest absolute Gasteiger partial charge is 0.458 e. The van der Waals surface area contributed by atoms with Gasteiger partial charge in [-0.05, 0) is 87.4 Å². The topological polar surface area (TPSA) is 67.9 Å². The van der Waals surface area contributed by atoms with Crippen molar-refractivity contribution in [1.82, 2.24) is 4.90 Å². The van der Waals surface area contributed by atoms with E-state index in [1.807, 2.05) is 55.4 Å². The van der Waals surface area contributed by atoms with Crippen LogP contribution >= 0.6 is 12.4 Å². The molecule has 3 aromatic rings. The number of anilines is 1. The van der Waals surface area contributed by atoms with Crippen molar-refractivity contribution in [2.45, 2.75) is 109 Å². The lowest BCUT2D eigenvalue weighted by Gasteiger charge is -2.33. The Labute approximate surface area is 294 Å². The Morgan fingerprint density at radius 1 is 0.875 bits per heavy atom. The zero-order valence-corrected chi connectivity index (χ0v) is 30.6. The van der Waals surface area contributed by atoms with Gasteiger partial charge in [-0.2, -0.15) is 0 Å². The number of aryl methyl sites for hydroxylation is 1. The van der Waals surface area contributed by atoms with E-state index in [1.165, 1.54) is 32.1 Å². The Balaban J connectivity index is 0.00000520. The molecule has 1 atom stereocenters. The van der Waals surface area contributed by atoms with Crippen molar-refractivity contribution < 1.29 is 19.1 Å². The minimum absolute atomic E-state index is 0. The molecule has 1 N–H and O–H groups in total. The number of halogens is 1. The number of hydrogen-bond donors (Lipinski definition) is 1. The number of hydrogen-bond acceptors (Lipinski definition) is 5. The second kappa shape index (κ2) is 16.4. The SMILES string of the molecule is CN(C)CC(=O)O[C@](C)(CCc1ccc(C(C)(C)C)c(NC(=O)CC2c3ccccc3Oc3ccccc32)c1)CCC1CCCCC1.Cl. The highest BCUT2D eigenvalue weighted by atomic mass is 35.5. The lowest BCUT2D eigenvalue weighted by molar-refractivity contribution is -0.160. The lowest BCUT2D eigenvalue weighted by atomic mass is 9.81. The third-order valence-corrected chi connectivity index (χ3v) is 9.92. The summed E-state index contributed by atoms with van der Waals surface area (Å²) < 4.78 is 12.4. The smallest absolute Gasteiger partial charge is 0.320 e. The van der Waals surface area contributed by atoms with Gasteiger partial charge in [0.2, 0.25) is 5.91 Å². The van der Waals surface area contributed by atoms with Crippen LogP contribution in [0.1, 0.15) is 114 Å². The number of esters is 1. The molecule has 0 aromatic heterocycles. The molecule has 3 aromatic carbocycles. The lowest BCUT2D eigenvalue weighted by Crippen LogP contribution is -2.36. The van der Waals surface area contributed by atoms with Crippen LogP contribution in [0, 0.1) is 5.92 Å². The summed E-state index contributed by atoms with van der Waals surface area (Å²) >= 11 is 0. The van der Waals surface area contributed by atoms with E-state index in [0.29, 0.717) is 6.42 Å². The van der Waals surface area contributed by atoms with Crippen molar-refractivity contribution in [3.05, 3.63) is 89.0 Å². The molecule has 1 saturated carbocycles. The van der Waals surface area contributed by atoms with Crippen LogP contribution in [-0.2, 0) is 26.2 Å². The van der Waals surface area contributed by atoms with Crippen LogP contribution in [0.2, 0.25) is 0 Å². The summed E-state index contributed by atoms with van der Waals surface area (Å²) in [5.41, 5.74) is 4.44. The minimum Gasteiger partial charge on any atom is -0.458 e. The average molecular weight is 675 g/mol. The average Bonchev–Trinajstić information content (AvgIpc) is 3.02. The number of benzene rings is 3. The predicted octanol–water partition coefficient (Wildman–Crippen LogP) is 9.83. The van der Waals surface area contributed by atoms with E-state index < -0.39 is 5.60 Å². The zero-order valence-electron chi connectivity index (χ0n) is 29.8. The van der Waals surface area contributed by atoms with Crippen LogP contribution in [0.5, 0.6) is 11.5 Å². The molecule has 260 valence electrons. The van der Waals surface area contributed by atoms with Gasteiger partial charge in [-0.25, -0.2) is 0 Å². The van der Waals surface area contributed by atoms with Crippen molar-refractivity contribution in [3.63, 3.8) is 0 Å². The third kappa shape index (κ3) is 9.85. The monoisotopic (exact) mass is 674 g/mol. The number of carbonyl (C=O) groups is 2. The first kappa shape index (κ1) is 37.5. The molecule has 0 spiro atoms. The van der Waals surface area contributed by atoms with Crippen molar-refractivity contribution in [2.24, 2.45) is 5.92 Å². The number of nitrogens with zero attached hydrogens (tertiary/aromatic N) is 1. The van der Waals surface area contributed by atoms with Crippen LogP contribution in [0.15, 0.2) is 66.7 Å². The molecule has 1 aliphatic heterocycles. The Kier molecular flexibility index (Phi) is 12.8. The van der Waals surface area contributed by atoms with E-state index in [0.717, 1.165) is 71.0 Å². The summed E-state index contributed by atoms with van der Waals surface area (Å²) in [4.78, 5) is 28.6. The number of fused-ring (bicyclic) bond motifs is 2. The maximum atomic E-state index is 13.8. The number of ether oxygens (including phenoxy) is 2. The van der Waals surface area contributed by atoms with E-state index in [4.69, 9.17) is 9.47 Å². The van der Waals surface area contributed by atoms with Gasteiger partial charge in [0.05, 0.1) is 6.54 Å². The predicted molar refractivity (Wildman–Crippen MR) is 198 cm³/mol. The maximum Gasteiger partial charge on any atom is 0.320 e. The van der Waals surface area contributed by atoms with Crippen molar-refractivity contribution in [1.29, 1.82) is 0 Å². The molecule has 1 fully saturated rings. The molecular weight excluding hydrogens is 620 g/mol. The molecule has 0 bridgehead atoms. The first-order valence-electron chi connectivity index (χ1n) is 17.6.